The Morgan fingerprint density at radius 2 is 1.81 bits per heavy atom. The minimum atomic E-state index is -1.20. The number of ether oxygens (including phenoxy) is 1. The van der Waals surface area contributed by atoms with Crippen LogP contribution >= 0.6 is 0 Å². The standard InChI is InChI=1S/C51H64N10O7/c1-10-60-40-16-15-31-23-35(40)36(44(60)34-13-11-17-52-42(34)28(2)3)24-51(6,7)27-68-50(67)37-14-12-18-61(57-37)48(65)38(21-30-19-32(31)22-33(62)20-30)55-47(64)43(29(4)5)59(9)49(66)45-54-26-41(58(45)8)56-46(63)39-25-53-39/h11,13,15-17,19-20,22-23,26,28-29,37-39,43,53,57,62H,10,12,14,18,21,24-25,27H2,1-9H3,(H,55,64)(H,56,63)/t37-,38-,39+,43-/m0/s1. The molecule has 0 saturated carbocycles. The van der Waals surface area contributed by atoms with Gasteiger partial charge in [-0.25, -0.2) is 10.4 Å². The summed E-state index contributed by atoms with van der Waals surface area (Å²) in [4.78, 5) is 80.3. The van der Waals surface area contributed by atoms with Crippen molar-refractivity contribution in [2.45, 2.75) is 111 Å². The van der Waals surface area contributed by atoms with Crippen molar-refractivity contribution in [2.75, 3.05) is 32.1 Å². The molecular weight excluding hydrogens is 865 g/mol. The van der Waals surface area contributed by atoms with E-state index in [0.29, 0.717) is 43.7 Å². The van der Waals surface area contributed by atoms with Crippen molar-refractivity contribution in [3.63, 3.8) is 0 Å². The highest BCUT2D eigenvalue weighted by Crippen LogP contribution is 2.42. The van der Waals surface area contributed by atoms with Crippen LogP contribution in [0.3, 0.4) is 0 Å². The third kappa shape index (κ3) is 9.72. The number of amides is 4. The number of nitrogens with one attached hydrogen (secondary N) is 4. The van der Waals surface area contributed by atoms with Gasteiger partial charge in [-0.2, -0.15) is 0 Å². The number of pyridine rings is 1. The molecule has 5 N–H and O–H groups in total. The molecule has 8 rings (SSSR count). The number of phenolic OH excluding ortho intramolecular Hbond substituents is 1. The number of carbonyl (C=O) groups is 5. The monoisotopic (exact) mass is 928 g/mol. The van der Waals surface area contributed by atoms with Gasteiger partial charge >= 0.3 is 5.97 Å². The smallest absolute Gasteiger partial charge is 0.324 e. The Morgan fingerprint density at radius 3 is 2.51 bits per heavy atom. The summed E-state index contributed by atoms with van der Waals surface area (Å²) in [6.45, 7) is 15.8. The van der Waals surface area contributed by atoms with Crippen LogP contribution in [-0.4, -0.2) is 115 Å². The number of phenols is 1. The molecule has 360 valence electrons. The first-order valence-electron chi connectivity index (χ1n) is 23.7. The van der Waals surface area contributed by atoms with Crippen molar-refractivity contribution in [3.8, 4) is 28.1 Å². The van der Waals surface area contributed by atoms with E-state index in [0.717, 1.165) is 44.5 Å². The van der Waals surface area contributed by atoms with E-state index in [1.54, 1.807) is 33.0 Å². The molecule has 68 heavy (non-hydrogen) atoms. The number of esters is 1. The second-order valence-electron chi connectivity index (χ2n) is 19.9. The predicted molar refractivity (Wildman–Crippen MR) is 258 cm³/mol. The molecular formula is C51H64N10O7. The number of aryl methyl sites for hydroxylation is 1. The number of fused-ring (bicyclic) bond motifs is 6. The van der Waals surface area contributed by atoms with Crippen LogP contribution in [0.2, 0.25) is 0 Å². The molecule has 0 spiro atoms. The van der Waals surface area contributed by atoms with E-state index in [1.165, 1.54) is 27.7 Å². The lowest BCUT2D eigenvalue weighted by atomic mass is 9.83. The lowest BCUT2D eigenvalue weighted by Crippen LogP contribution is -2.62. The van der Waals surface area contributed by atoms with E-state index >= 15 is 0 Å². The van der Waals surface area contributed by atoms with Crippen molar-refractivity contribution < 1.29 is 33.8 Å². The van der Waals surface area contributed by atoms with Crippen LogP contribution in [-0.2, 0) is 50.3 Å². The van der Waals surface area contributed by atoms with E-state index in [-0.39, 0.29) is 49.0 Å². The molecule has 17 heteroatoms. The second kappa shape index (κ2) is 19.2. The molecule has 2 aromatic carbocycles. The largest absolute Gasteiger partial charge is 0.508 e. The number of hydrogen-bond acceptors (Lipinski definition) is 11. The fraction of sp³-hybridized carbons (Fsp3) is 0.471. The third-order valence-corrected chi connectivity index (χ3v) is 13.3. The second-order valence-corrected chi connectivity index (χ2v) is 19.9. The Morgan fingerprint density at radius 1 is 1.04 bits per heavy atom. The normalized spacial score (nSPS) is 19.9. The number of nitrogens with zero attached hydrogens (tertiary/aromatic N) is 6. The predicted octanol–water partition coefficient (Wildman–Crippen LogP) is 5.31. The number of cyclic esters (lactones) is 1. The fourth-order valence-corrected chi connectivity index (χ4v) is 9.74. The molecule has 0 unspecified atom stereocenters. The van der Waals surface area contributed by atoms with Gasteiger partial charge in [0.05, 0.1) is 30.2 Å². The van der Waals surface area contributed by atoms with Gasteiger partial charge < -0.3 is 39.8 Å². The zero-order chi connectivity index (χ0) is 48.8. The van der Waals surface area contributed by atoms with E-state index < -0.39 is 53.1 Å². The average Bonchev–Trinajstić information content (AvgIpc) is 4.04. The maximum atomic E-state index is 14.8. The van der Waals surface area contributed by atoms with Crippen molar-refractivity contribution in [1.82, 2.24) is 45.1 Å². The number of hydrogen-bond donors (Lipinski definition) is 5. The molecule has 0 aliphatic carbocycles. The number of aromatic hydroxyl groups is 1. The minimum absolute atomic E-state index is 0.00795. The Kier molecular flexibility index (Phi) is 13.5. The van der Waals surface area contributed by atoms with Gasteiger partial charge in [0.2, 0.25) is 17.6 Å². The van der Waals surface area contributed by atoms with E-state index in [9.17, 15) is 29.1 Å². The first kappa shape index (κ1) is 47.9. The minimum Gasteiger partial charge on any atom is -0.508 e. The van der Waals surface area contributed by atoms with E-state index in [4.69, 9.17) is 9.72 Å². The molecule has 6 bridgehead atoms. The van der Waals surface area contributed by atoms with Gasteiger partial charge in [-0.1, -0.05) is 53.7 Å². The molecule has 2 saturated heterocycles. The Bertz CT molecular complexity index is 2770. The number of anilines is 1. The summed E-state index contributed by atoms with van der Waals surface area (Å²) in [5.41, 5.74) is 9.96. The molecule has 3 aliphatic rings. The zero-order valence-corrected chi connectivity index (χ0v) is 40.5. The number of aromatic nitrogens is 4. The Balaban J connectivity index is 1.18. The summed E-state index contributed by atoms with van der Waals surface area (Å²) in [5.74, 6) is -2.31. The number of benzene rings is 2. The third-order valence-electron chi connectivity index (χ3n) is 13.3. The maximum absolute atomic E-state index is 14.8. The molecule has 3 aromatic heterocycles. The van der Waals surface area contributed by atoms with Crippen molar-refractivity contribution in [1.29, 1.82) is 0 Å². The lowest BCUT2D eigenvalue weighted by molar-refractivity contribution is -0.155. The van der Waals surface area contributed by atoms with Gasteiger partial charge in [0.15, 0.2) is 0 Å². The molecule has 2 fully saturated rings. The molecule has 17 nitrogen and oxygen atoms in total. The Labute approximate surface area is 397 Å². The summed E-state index contributed by atoms with van der Waals surface area (Å²) < 4.78 is 9.91. The highest BCUT2D eigenvalue weighted by molar-refractivity contribution is 5.99. The van der Waals surface area contributed by atoms with Gasteiger partial charge in [0, 0.05) is 68.2 Å². The molecule has 3 aliphatic heterocycles. The highest BCUT2D eigenvalue weighted by Gasteiger charge is 2.39. The van der Waals surface area contributed by atoms with Crippen LogP contribution in [0.1, 0.15) is 94.7 Å². The molecule has 6 heterocycles. The van der Waals surface area contributed by atoms with Crippen LogP contribution < -0.4 is 21.4 Å². The fourth-order valence-electron chi connectivity index (χ4n) is 9.74. The lowest BCUT2D eigenvalue weighted by Gasteiger charge is -2.36. The van der Waals surface area contributed by atoms with Crippen molar-refractivity contribution in [2.24, 2.45) is 18.4 Å². The SMILES string of the molecule is CCn1c(-c2cccnc2C(C)C)c2c3cc(ccc31)-c1cc(O)cc(c1)C[C@H](NC(=O)[C@H](C(C)C)N(C)C(=O)c1ncc(NC(=O)[C@H]3CN3)n1C)C(=O)N1CCC[C@H](N1)C(=O)OCC(C)(C)C2. The Hall–Kier alpha value is -6.59. The van der Waals surface area contributed by atoms with E-state index in [2.05, 4.69) is 83.7 Å². The van der Waals surface area contributed by atoms with Crippen LogP contribution in [0, 0.1) is 11.3 Å². The number of rotatable bonds is 10. The van der Waals surface area contributed by atoms with Gasteiger partial charge in [-0.3, -0.25) is 34.0 Å². The number of hydrazine groups is 1. The molecule has 0 radical (unpaired) electrons. The average molecular weight is 929 g/mol. The topological polar surface area (TPSA) is 215 Å². The molecule has 4 amide bonds. The molecule has 4 atom stereocenters. The summed E-state index contributed by atoms with van der Waals surface area (Å²) in [7, 11) is 3.11. The van der Waals surface area contributed by atoms with Gasteiger partial charge in [0.1, 0.15) is 29.7 Å². The number of likely N-dealkylation sites (N-methyl/N-ethyl adjacent to an activating group) is 1. The van der Waals surface area contributed by atoms with Crippen molar-refractivity contribution in [3.05, 3.63) is 83.6 Å². The number of imidazole rings is 1. The van der Waals surface area contributed by atoms with Crippen LogP contribution in [0.15, 0.2) is 60.9 Å². The zero-order valence-electron chi connectivity index (χ0n) is 40.5. The van der Waals surface area contributed by atoms with Gasteiger partial charge in [-0.05, 0) is 96.7 Å². The summed E-state index contributed by atoms with van der Waals surface area (Å²) in [6, 6.07) is 12.2. The van der Waals surface area contributed by atoms with Gasteiger partial charge in [0.25, 0.3) is 11.8 Å². The summed E-state index contributed by atoms with van der Waals surface area (Å²) in [5, 5.41) is 22.4. The number of carbonyl (C=O) groups excluding carboxylic acids is 5. The quantitative estimate of drug-likeness (QED) is 0.0895. The highest BCUT2D eigenvalue weighted by atomic mass is 16.5. The van der Waals surface area contributed by atoms with Crippen molar-refractivity contribution >= 4 is 46.3 Å². The first-order valence-corrected chi connectivity index (χ1v) is 23.7. The summed E-state index contributed by atoms with van der Waals surface area (Å²) >= 11 is 0. The van der Waals surface area contributed by atoms with Crippen LogP contribution in [0.25, 0.3) is 33.3 Å². The van der Waals surface area contributed by atoms with Gasteiger partial charge in [-0.15, -0.1) is 0 Å². The van der Waals surface area contributed by atoms with E-state index in [1.807, 2.05) is 24.4 Å². The molecule has 5 aromatic rings. The maximum Gasteiger partial charge on any atom is 0.324 e. The summed E-state index contributed by atoms with van der Waals surface area (Å²) in [6.07, 6.45) is 4.70. The van der Waals surface area contributed by atoms with Crippen LogP contribution in [0.4, 0.5) is 5.82 Å². The van der Waals surface area contributed by atoms with Crippen LogP contribution in [0.5, 0.6) is 5.75 Å². The first-order chi connectivity index (χ1) is 32.3.